The highest BCUT2D eigenvalue weighted by Gasteiger charge is 2.04. The summed E-state index contributed by atoms with van der Waals surface area (Å²) in [6.07, 6.45) is 0. The van der Waals surface area contributed by atoms with Gasteiger partial charge in [0.25, 0.3) is 0 Å². The van der Waals surface area contributed by atoms with Gasteiger partial charge < -0.3 is 4.74 Å². The Kier molecular flexibility index (Phi) is 4.55. The lowest BCUT2D eigenvalue weighted by atomic mass is 10.2. The summed E-state index contributed by atoms with van der Waals surface area (Å²) in [5.74, 6) is 0.586. The lowest BCUT2D eigenvalue weighted by Gasteiger charge is -2.08. The van der Waals surface area contributed by atoms with E-state index in [0.29, 0.717) is 10.8 Å². The zero-order chi connectivity index (χ0) is 12.2. The van der Waals surface area contributed by atoms with Crippen molar-refractivity contribution in [2.75, 3.05) is 13.2 Å². The molecule has 0 bridgehead atoms. The van der Waals surface area contributed by atoms with Crippen LogP contribution >= 0.6 is 11.6 Å². The van der Waals surface area contributed by atoms with Crippen LogP contribution < -0.4 is 4.74 Å². The molecular formula is C9H11ClO5S. The van der Waals surface area contributed by atoms with Gasteiger partial charge >= 0.3 is 10.4 Å². The fourth-order valence-electron chi connectivity index (χ4n) is 1.07. The molecule has 0 radical (unpaired) electrons. The predicted molar refractivity (Wildman–Crippen MR) is 59.2 cm³/mol. The van der Waals surface area contributed by atoms with Crippen LogP contribution in [0.5, 0.6) is 5.75 Å². The van der Waals surface area contributed by atoms with Crippen molar-refractivity contribution < 1.29 is 21.9 Å². The quantitative estimate of drug-likeness (QED) is 0.650. The van der Waals surface area contributed by atoms with Crippen molar-refractivity contribution in [3.8, 4) is 5.75 Å². The lowest BCUT2D eigenvalue weighted by Crippen LogP contribution is -2.11. The molecule has 1 aromatic carbocycles. The monoisotopic (exact) mass is 266 g/mol. The summed E-state index contributed by atoms with van der Waals surface area (Å²) >= 11 is 5.75. The molecule has 0 heterocycles. The van der Waals surface area contributed by atoms with Gasteiger partial charge in [-0.15, -0.1) is 0 Å². The van der Waals surface area contributed by atoms with Gasteiger partial charge in [0.2, 0.25) is 0 Å². The van der Waals surface area contributed by atoms with E-state index in [2.05, 4.69) is 4.18 Å². The minimum atomic E-state index is -4.40. The number of ether oxygens (including phenoxy) is 1. The molecule has 0 amide bonds. The molecule has 0 aromatic heterocycles. The topological polar surface area (TPSA) is 72.8 Å². The van der Waals surface area contributed by atoms with Crippen molar-refractivity contribution in [2.45, 2.75) is 6.92 Å². The molecule has 0 aliphatic carbocycles. The molecule has 0 fully saturated rings. The fourth-order valence-corrected chi connectivity index (χ4v) is 1.57. The minimum absolute atomic E-state index is 0.0161. The smallest absolute Gasteiger partial charge is 0.397 e. The molecule has 16 heavy (non-hydrogen) atoms. The van der Waals surface area contributed by atoms with Gasteiger partial charge in [-0.2, -0.15) is 8.42 Å². The minimum Gasteiger partial charge on any atom is -0.491 e. The SMILES string of the molecule is Cc1cc(Cl)ccc1OCCOS(=O)(=O)O. The molecule has 0 saturated carbocycles. The summed E-state index contributed by atoms with van der Waals surface area (Å²) in [6, 6.07) is 5.05. The molecule has 0 saturated heterocycles. The Balaban J connectivity index is 2.43. The zero-order valence-corrected chi connectivity index (χ0v) is 10.1. The Bertz CT molecular complexity index is 457. The van der Waals surface area contributed by atoms with E-state index in [1.54, 1.807) is 18.2 Å². The Labute approximate surface area is 98.9 Å². The van der Waals surface area contributed by atoms with Crippen LogP contribution in [0.15, 0.2) is 18.2 Å². The predicted octanol–water partition coefficient (Wildman–Crippen LogP) is 1.85. The molecule has 1 aromatic rings. The second kappa shape index (κ2) is 5.49. The van der Waals surface area contributed by atoms with E-state index in [1.807, 2.05) is 6.92 Å². The Morgan fingerprint density at radius 1 is 1.38 bits per heavy atom. The molecule has 0 unspecified atom stereocenters. The maximum atomic E-state index is 10.2. The van der Waals surface area contributed by atoms with Crippen molar-refractivity contribution in [1.29, 1.82) is 0 Å². The van der Waals surface area contributed by atoms with Crippen LogP contribution in [0.25, 0.3) is 0 Å². The van der Waals surface area contributed by atoms with E-state index in [9.17, 15) is 8.42 Å². The van der Waals surface area contributed by atoms with Gasteiger partial charge in [0.1, 0.15) is 19.0 Å². The van der Waals surface area contributed by atoms with E-state index < -0.39 is 10.4 Å². The Morgan fingerprint density at radius 2 is 2.06 bits per heavy atom. The van der Waals surface area contributed by atoms with E-state index >= 15 is 0 Å². The highest BCUT2D eigenvalue weighted by molar-refractivity contribution is 7.80. The molecule has 5 nitrogen and oxygen atoms in total. The van der Waals surface area contributed by atoms with Crippen LogP contribution in [0.2, 0.25) is 5.02 Å². The van der Waals surface area contributed by atoms with Gasteiger partial charge in [-0.3, -0.25) is 4.55 Å². The molecule has 7 heteroatoms. The fraction of sp³-hybridized carbons (Fsp3) is 0.333. The third-order valence-corrected chi connectivity index (χ3v) is 2.41. The van der Waals surface area contributed by atoms with Crippen LogP contribution in [-0.4, -0.2) is 26.2 Å². The van der Waals surface area contributed by atoms with E-state index in [0.717, 1.165) is 5.56 Å². The number of aryl methyl sites for hydroxylation is 1. The summed E-state index contributed by atoms with van der Waals surface area (Å²) in [7, 11) is -4.40. The van der Waals surface area contributed by atoms with Gasteiger partial charge in [-0.1, -0.05) is 11.6 Å². The highest BCUT2D eigenvalue weighted by atomic mass is 35.5. The molecule has 0 aliphatic rings. The summed E-state index contributed by atoms with van der Waals surface area (Å²) in [5.41, 5.74) is 0.833. The summed E-state index contributed by atoms with van der Waals surface area (Å²) in [5, 5.41) is 0.596. The molecular weight excluding hydrogens is 256 g/mol. The number of halogens is 1. The number of hydrogen-bond donors (Lipinski definition) is 1. The first-order valence-corrected chi connectivity index (χ1v) is 6.13. The van der Waals surface area contributed by atoms with Crippen molar-refractivity contribution in [1.82, 2.24) is 0 Å². The largest absolute Gasteiger partial charge is 0.491 e. The Morgan fingerprint density at radius 3 is 2.62 bits per heavy atom. The van der Waals surface area contributed by atoms with Gasteiger partial charge in [0, 0.05) is 5.02 Å². The highest BCUT2D eigenvalue weighted by Crippen LogP contribution is 2.21. The van der Waals surface area contributed by atoms with E-state index in [-0.39, 0.29) is 13.2 Å². The van der Waals surface area contributed by atoms with Crippen molar-refractivity contribution in [3.05, 3.63) is 28.8 Å². The first kappa shape index (κ1) is 13.2. The normalized spacial score (nSPS) is 11.4. The average Bonchev–Trinajstić information content (AvgIpc) is 2.13. The third-order valence-electron chi connectivity index (χ3n) is 1.71. The molecule has 0 spiro atoms. The first-order valence-electron chi connectivity index (χ1n) is 4.39. The molecule has 0 aliphatic heterocycles. The van der Waals surface area contributed by atoms with Crippen molar-refractivity contribution in [3.63, 3.8) is 0 Å². The van der Waals surface area contributed by atoms with E-state index in [4.69, 9.17) is 20.9 Å². The summed E-state index contributed by atoms with van der Waals surface area (Å²) in [6.45, 7) is 1.58. The molecule has 1 N–H and O–H groups in total. The number of hydrogen-bond acceptors (Lipinski definition) is 4. The van der Waals surface area contributed by atoms with Crippen molar-refractivity contribution in [2.24, 2.45) is 0 Å². The number of benzene rings is 1. The van der Waals surface area contributed by atoms with Crippen LogP contribution in [0.1, 0.15) is 5.56 Å². The first-order chi connectivity index (χ1) is 7.38. The second-order valence-corrected chi connectivity index (χ2v) is 4.54. The van der Waals surface area contributed by atoms with Gasteiger partial charge in [-0.25, -0.2) is 4.18 Å². The molecule has 1 rings (SSSR count). The zero-order valence-electron chi connectivity index (χ0n) is 8.51. The van der Waals surface area contributed by atoms with E-state index in [1.165, 1.54) is 0 Å². The average molecular weight is 267 g/mol. The van der Waals surface area contributed by atoms with Gasteiger partial charge in [0.05, 0.1) is 0 Å². The summed E-state index contributed by atoms with van der Waals surface area (Å²) < 4.78 is 38.0. The van der Waals surface area contributed by atoms with Crippen LogP contribution in [-0.2, 0) is 14.6 Å². The van der Waals surface area contributed by atoms with Gasteiger partial charge in [-0.05, 0) is 30.7 Å². The summed E-state index contributed by atoms with van der Waals surface area (Å²) in [4.78, 5) is 0. The third kappa shape index (κ3) is 4.80. The lowest BCUT2D eigenvalue weighted by molar-refractivity contribution is 0.201. The standard InChI is InChI=1S/C9H11ClO5S/c1-7-6-8(10)2-3-9(7)14-4-5-15-16(11,12)13/h2-3,6H,4-5H2,1H3,(H,11,12,13). The molecule has 90 valence electrons. The van der Waals surface area contributed by atoms with Crippen LogP contribution in [0, 0.1) is 6.92 Å². The second-order valence-electron chi connectivity index (χ2n) is 3.01. The van der Waals surface area contributed by atoms with Crippen LogP contribution in [0.4, 0.5) is 0 Å². The Hall–Kier alpha value is -0.820. The van der Waals surface area contributed by atoms with Crippen LogP contribution in [0.3, 0.4) is 0 Å². The molecule has 0 atom stereocenters. The maximum absolute atomic E-state index is 10.2. The van der Waals surface area contributed by atoms with Gasteiger partial charge in [0.15, 0.2) is 0 Å². The maximum Gasteiger partial charge on any atom is 0.397 e. The number of rotatable bonds is 5. The van der Waals surface area contributed by atoms with Crippen molar-refractivity contribution >= 4 is 22.0 Å².